The molecule has 0 saturated heterocycles. The molecule has 1 aromatic heterocycles. The van der Waals surface area contributed by atoms with Crippen molar-refractivity contribution in [3.05, 3.63) is 11.9 Å². The van der Waals surface area contributed by atoms with Crippen molar-refractivity contribution in [2.24, 2.45) is 5.84 Å². The number of unbranched alkanes of at least 4 members (excludes halogenated alkanes) is 1. The largest absolute Gasteiger partial charge is 0.396 e. The number of hydrazine groups is 1. The zero-order valence-electron chi connectivity index (χ0n) is 9.53. The summed E-state index contributed by atoms with van der Waals surface area (Å²) in [4.78, 5) is 8.22. The van der Waals surface area contributed by atoms with Crippen LogP contribution in [0.15, 0.2) is 6.33 Å². The van der Waals surface area contributed by atoms with E-state index in [1.807, 2.05) is 6.92 Å². The highest BCUT2D eigenvalue weighted by molar-refractivity contribution is 5.56. The molecule has 0 amide bonds. The first-order valence-corrected chi connectivity index (χ1v) is 5.48. The second-order valence-electron chi connectivity index (χ2n) is 3.40. The molecular weight excluding hydrogens is 206 g/mol. The van der Waals surface area contributed by atoms with E-state index in [0.717, 1.165) is 37.2 Å². The molecule has 0 aliphatic heterocycles. The van der Waals surface area contributed by atoms with E-state index in [4.69, 9.17) is 10.9 Å². The van der Waals surface area contributed by atoms with E-state index in [1.54, 1.807) is 0 Å². The smallest absolute Gasteiger partial charge is 0.148 e. The standard InChI is InChI=1S/C10H19N5O/c1-2-8-9(12-5-3-4-6-16)13-7-14-10(8)15-11/h7,16H,2-6,11H2,1H3,(H2,12,13,14,15). The van der Waals surface area contributed by atoms with Gasteiger partial charge in [0.05, 0.1) is 0 Å². The van der Waals surface area contributed by atoms with Crippen LogP contribution in [0.5, 0.6) is 0 Å². The van der Waals surface area contributed by atoms with Crippen molar-refractivity contribution in [2.75, 3.05) is 23.9 Å². The topological polar surface area (TPSA) is 96.1 Å². The SMILES string of the molecule is CCc1c(NN)ncnc1NCCCCO. The molecule has 6 nitrogen and oxygen atoms in total. The van der Waals surface area contributed by atoms with Gasteiger partial charge in [-0.05, 0) is 19.3 Å². The van der Waals surface area contributed by atoms with Crippen molar-refractivity contribution in [2.45, 2.75) is 26.2 Å². The molecule has 6 heteroatoms. The Kier molecular flexibility index (Phi) is 5.52. The van der Waals surface area contributed by atoms with Crippen molar-refractivity contribution in [1.82, 2.24) is 9.97 Å². The highest BCUT2D eigenvalue weighted by Crippen LogP contribution is 2.19. The predicted molar refractivity (Wildman–Crippen MR) is 64.0 cm³/mol. The third-order valence-corrected chi connectivity index (χ3v) is 2.31. The summed E-state index contributed by atoms with van der Waals surface area (Å²) in [6.07, 6.45) is 3.99. The molecular formula is C10H19N5O. The lowest BCUT2D eigenvalue weighted by molar-refractivity contribution is 0.286. The lowest BCUT2D eigenvalue weighted by Crippen LogP contribution is -2.14. The quantitative estimate of drug-likeness (QED) is 0.307. The number of nitrogens with zero attached hydrogens (tertiary/aromatic N) is 2. The van der Waals surface area contributed by atoms with Crippen molar-refractivity contribution in [3.8, 4) is 0 Å². The molecule has 0 saturated carbocycles. The molecule has 0 radical (unpaired) electrons. The van der Waals surface area contributed by atoms with Crippen LogP contribution in [0.4, 0.5) is 11.6 Å². The minimum absolute atomic E-state index is 0.224. The molecule has 0 unspecified atom stereocenters. The number of aliphatic hydroxyl groups is 1. The molecule has 0 aliphatic rings. The highest BCUT2D eigenvalue weighted by atomic mass is 16.2. The lowest BCUT2D eigenvalue weighted by Gasteiger charge is -2.12. The first kappa shape index (κ1) is 12.7. The van der Waals surface area contributed by atoms with Crippen LogP contribution in [0.2, 0.25) is 0 Å². The van der Waals surface area contributed by atoms with E-state index >= 15 is 0 Å². The first-order valence-electron chi connectivity index (χ1n) is 5.48. The van der Waals surface area contributed by atoms with Gasteiger partial charge in [0.15, 0.2) is 0 Å². The Morgan fingerprint density at radius 3 is 2.69 bits per heavy atom. The van der Waals surface area contributed by atoms with Crippen molar-refractivity contribution in [3.63, 3.8) is 0 Å². The summed E-state index contributed by atoms with van der Waals surface area (Å²) < 4.78 is 0. The summed E-state index contributed by atoms with van der Waals surface area (Å²) in [5.74, 6) is 6.83. The fourth-order valence-corrected chi connectivity index (χ4v) is 1.47. The molecule has 1 aromatic rings. The molecule has 16 heavy (non-hydrogen) atoms. The third-order valence-electron chi connectivity index (χ3n) is 2.31. The van der Waals surface area contributed by atoms with E-state index in [2.05, 4.69) is 20.7 Å². The number of hydrogen-bond acceptors (Lipinski definition) is 6. The maximum absolute atomic E-state index is 8.67. The maximum Gasteiger partial charge on any atom is 0.148 e. The van der Waals surface area contributed by atoms with Crippen molar-refractivity contribution in [1.29, 1.82) is 0 Å². The molecule has 0 fully saturated rings. The van der Waals surface area contributed by atoms with Gasteiger partial charge in [-0.3, -0.25) is 0 Å². The fraction of sp³-hybridized carbons (Fsp3) is 0.600. The van der Waals surface area contributed by atoms with E-state index in [9.17, 15) is 0 Å². The number of hydrogen-bond donors (Lipinski definition) is 4. The minimum Gasteiger partial charge on any atom is -0.396 e. The summed E-state index contributed by atoms with van der Waals surface area (Å²) in [7, 11) is 0. The average Bonchev–Trinajstić information content (AvgIpc) is 2.34. The van der Waals surface area contributed by atoms with Gasteiger partial charge in [-0.25, -0.2) is 15.8 Å². The van der Waals surface area contributed by atoms with Gasteiger partial charge in [0.25, 0.3) is 0 Å². The Morgan fingerprint density at radius 1 is 1.31 bits per heavy atom. The molecule has 0 spiro atoms. The van der Waals surface area contributed by atoms with Gasteiger partial charge >= 0.3 is 0 Å². The van der Waals surface area contributed by atoms with Crippen LogP contribution >= 0.6 is 0 Å². The van der Waals surface area contributed by atoms with Crippen LogP contribution < -0.4 is 16.6 Å². The summed E-state index contributed by atoms with van der Waals surface area (Å²) in [6.45, 7) is 3.04. The Morgan fingerprint density at radius 2 is 2.06 bits per heavy atom. The van der Waals surface area contributed by atoms with Crippen LogP contribution in [0.1, 0.15) is 25.3 Å². The van der Waals surface area contributed by atoms with Crippen LogP contribution in [-0.4, -0.2) is 28.2 Å². The maximum atomic E-state index is 8.67. The molecule has 1 heterocycles. The summed E-state index contributed by atoms with van der Waals surface area (Å²) in [5, 5.41) is 11.9. The van der Waals surface area contributed by atoms with Crippen molar-refractivity contribution < 1.29 is 5.11 Å². The lowest BCUT2D eigenvalue weighted by atomic mass is 10.2. The Balaban J connectivity index is 2.63. The van der Waals surface area contributed by atoms with Gasteiger partial charge in [0.2, 0.25) is 0 Å². The first-order chi connectivity index (χ1) is 7.83. The normalized spacial score (nSPS) is 10.2. The Labute approximate surface area is 95.3 Å². The minimum atomic E-state index is 0.224. The number of aromatic nitrogens is 2. The molecule has 5 N–H and O–H groups in total. The summed E-state index contributed by atoms with van der Waals surface area (Å²) in [6, 6.07) is 0. The van der Waals surface area contributed by atoms with E-state index < -0.39 is 0 Å². The van der Waals surface area contributed by atoms with Gasteiger partial charge in [0, 0.05) is 18.7 Å². The highest BCUT2D eigenvalue weighted by Gasteiger charge is 2.07. The van der Waals surface area contributed by atoms with E-state index in [1.165, 1.54) is 6.33 Å². The van der Waals surface area contributed by atoms with Gasteiger partial charge in [-0.1, -0.05) is 6.92 Å². The summed E-state index contributed by atoms with van der Waals surface area (Å²) in [5.41, 5.74) is 3.54. The summed E-state index contributed by atoms with van der Waals surface area (Å²) >= 11 is 0. The number of nitrogens with one attached hydrogen (secondary N) is 2. The van der Waals surface area contributed by atoms with Crippen LogP contribution in [0.3, 0.4) is 0 Å². The fourth-order valence-electron chi connectivity index (χ4n) is 1.47. The van der Waals surface area contributed by atoms with Gasteiger partial charge in [0.1, 0.15) is 18.0 Å². The third kappa shape index (κ3) is 3.32. The molecule has 0 aromatic carbocycles. The number of anilines is 2. The van der Waals surface area contributed by atoms with E-state index in [0.29, 0.717) is 5.82 Å². The zero-order chi connectivity index (χ0) is 11.8. The average molecular weight is 225 g/mol. The van der Waals surface area contributed by atoms with Crippen molar-refractivity contribution >= 4 is 11.6 Å². The second kappa shape index (κ2) is 6.97. The van der Waals surface area contributed by atoms with Gasteiger partial charge in [-0.2, -0.15) is 0 Å². The Hall–Kier alpha value is -1.40. The van der Waals surface area contributed by atoms with Gasteiger partial charge < -0.3 is 15.8 Å². The number of aliphatic hydroxyl groups excluding tert-OH is 1. The number of nitrogens with two attached hydrogens (primary N) is 1. The number of rotatable bonds is 7. The molecule has 0 atom stereocenters. The van der Waals surface area contributed by atoms with Crippen LogP contribution in [0.25, 0.3) is 0 Å². The van der Waals surface area contributed by atoms with Crippen LogP contribution in [0, 0.1) is 0 Å². The molecule has 1 rings (SSSR count). The Bertz CT molecular complexity index is 318. The van der Waals surface area contributed by atoms with Gasteiger partial charge in [-0.15, -0.1) is 0 Å². The predicted octanol–water partition coefficient (Wildman–Crippen LogP) is 0.509. The molecule has 90 valence electrons. The molecule has 0 aliphatic carbocycles. The van der Waals surface area contributed by atoms with Crippen LogP contribution in [-0.2, 0) is 6.42 Å². The zero-order valence-corrected chi connectivity index (χ0v) is 9.53. The number of nitrogen functional groups attached to an aromatic ring is 1. The van der Waals surface area contributed by atoms with E-state index in [-0.39, 0.29) is 6.61 Å². The molecule has 0 bridgehead atoms. The monoisotopic (exact) mass is 225 g/mol. The second-order valence-corrected chi connectivity index (χ2v) is 3.40.